The number of para-hydroxylation sites is 2. The summed E-state index contributed by atoms with van der Waals surface area (Å²) in [5.41, 5.74) is 7.79. The number of hydrogen-bond donors (Lipinski definition) is 3. The van der Waals surface area contributed by atoms with E-state index < -0.39 is 0 Å². The Balaban J connectivity index is 1.01. The quantitative estimate of drug-likeness (QED) is 0.172. The van der Waals surface area contributed by atoms with Crippen LogP contribution in [-0.2, 0) is 0 Å². The first-order valence-corrected chi connectivity index (χ1v) is 19.0. The summed E-state index contributed by atoms with van der Waals surface area (Å²) in [6.45, 7) is 0. The number of hydrogen-bond acceptors (Lipinski definition) is 6. The number of benzene rings is 7. The maximum atomic E-state index is 6.43. The summed E-state index contributed by atoms with van der Waals surface area (Å²) in [6, 6.07) is 54.9. The van der Waals surface area contributed by atoms with E-state index in [-0.39, 0.29) is 18.5 Å². The Morgan fingerprint density at radius 2 is 0.941 bits per heavy atom. The van der Waals surface area contributed by atoms with Crippen molar-refractivity contribution < 1.29 is 4.42 Å². The van der Waals surface area contributed by atoms with Crippen molar-refractivity contribution in [3.05, 3.63) is 168 Å². The zero-order valence-electron chi connectivity index (χ0n) is 27.4. The molecule has 6 heteroatoms. The molecule has 0 amide bonds. The zero-order chi connectivity index (χ0) is 33.5. The molecular formula is C45H31N3OS2. The molecule has 51 heavy (non-hydrogen) atoms. The van der Waals surface area contributed by atoms with Crippen molar-refractivity contribution in [1.82, 2.24) is 16.0 Å². The predicted molar refractivity (Wildman–Crippen MR) is 215 cm³/mol. The maximum absolute atomic E-state index is 6.43. The highest BCUT2D eigenvalue weighted by atomic mass is 32.1. The molecule has 0 bridgehead atoms. The molecule has 3 aromatic heterocycles. The third-order valence-electron chi connectivity index (χ3n) is 10.4. The van der Waals surface area contributed by atoms with E-state index in [1.54, 1.807) is 0 Å². The van der Waals surface area contributed by atoms with Crippen LogP contribution in [0.4, 0.5) is 0 Å². The summed E-state index contributed by atoms with van der Waals surface area (Å²) in [4.78, 5) is 0. The van der Waals surface area contributed by atoms with Crippen molar-refractivity contribution in [2.45, 2.75) is 18.5 Å². The summed E-state index contributed by atoms with van der Waals surface area (Å²) in [7, 11) is 0. The summed E-state index contributed by atoms with van der Waals surface area (Å²) < 4.78 is 11.6. The van der Waals surface area contributed by atoms with Gasteiger partial charge in [0.2, 0.25) is 0 Å². The van der Waals surface area contributed by atoms with Crippen molar-refractivity contribution in [2.24, 2.45) is 0 Å². The van der Waals surface area contributed by atoms with E-state index >= 15 is 0 Å². The lowest BCUT2D eigenvalue weighted by Gasteiger charge is -2.39. The van der Waals surface area contributed by atoms with Gasteiger partial charge in [-0.15, -0.1) is 22.7 Å². The van der Waals surface area contributed by atoms with Gasteiger partial charge in [0, 0.05) is 56.7 Å². The highest BCUT2D eigenvalue weighted by molar-refractivity contribution is 7.26. The van der Waals surface area contributed by atoms with Crippen LogP contribution < -0.4 is 16.0 Å². The molecule has 10 aromatic rings. The van der Waals surface area contributed by atoms with Gasteiger partial charge in [-0.05, 0) is 70.8 Å². The van der Waals surface area contributed by atoms with Gasteiger partial charge in [0.25, 0.3) is 0 Å². The third kappa shape index (κ3) is 4.83. The van der Waals surface area contributed by atoms with Gasteiger partial charge in [0.05, 0.1) is 18.5 Å². The van der Waals surface area contributed by atoms with Crippen LogP contribution in [0.5, 0.6) is 0 Å². The molecule has 0 aliphatic carbocycles. The average Bonchev–Trinajstić information content (AvgIpc) is 3.88. The molecule has 3 atom stereocenters. The number of fused-ring (bicyclic) bond motifs is 9. The van der Waals surface area contributed by atoms with Gasteiger partial charge in [-0.1, -0.05) is 103 Å². The first-order chi connectivity index (χ1) is 25.2. The topological polar surface area (TPSA) is 49.2 Å². The van der Waals surface area contributed by atoms with Crippen LogP contribution in [-0.4, -0.2) is 0 Å². The second kappa shape index (κ2) is 11.6. The van der Waals surface area contributed by atoms with E-state index in [9.17, 15) is 0 Å². The van der Waals surface area contributed by atoms with Crippen molar-refractivity contribution in [3.63, 3.8) is 0 Å². The molecule has 11 rings (SSSR count). The van der Waals surface area contributed by atoms with Gasteiger partial charge < -0.3 is 4.42 Å². The molecule has 0 spiro atoms. The SMILES string of the molecule is c1ccc(C2NC(c3ccc4sc5ccccc5c4c3)NC(c3ccc4sc5ccc(-c6cccc7c6oc6ccccc67)cc5c4c3)N2)cc1. The molecule has 4 nitrogen and oxygen atoms in total. The van der Waals surface area contributed by atoms with Gasteiger partial charge >= 0.3 is 0 Å². The fourth-order valence-electron chi connectivity index (χ4n) is 7.91. The molecule has 7 aromatic carbocycles. The van der Waals surface area contributed by atoms with E-state index in [1.807, 2.05) is 28.7 Å². The van der Waals surface area contributed by atoms with E-state index in [0.29, 0.717) is 0 Å². The Kier molecular flexibility index (Phi) is 6.69. The van der Waals surface area contributed by atoms with Gasteiger partial charge in [0.15, 0.2) is 0 Å². The smallest absolute Gasteiger partial charge is 0.143 e. The minimum Gasteiger partial charge on any atom is -0.455 e. The van der Waals surface area contributed by atoms with Crippen LogP contribution in [0.3, 0.4) is 0 Å². The lowest BCUT2D eigenvalue weighted by Crippen LogP contribution is -2.54. The van der Waals surface area contributed by atoms with Crippen LogP contribution in [0.25, 0.3) is 73.4 Å². The number of nitrogens with one attached hydrogen (secondary N) is 3. The first kappa shape index (κ1) is 29.4. The summed E-state index contributed by atoms with van der Waals surface area (Å²) in [5, 5.41) is 19.2. The zero-order valence-corrected chi connectivity index (χ0v) is 29.0. The lowest BCUT2D eigenvalue weighted by atomic mass is 9.99. The predicted octanol–water partition coefficient (Wildman–Crippen LogP) is 12.2. The highest BCUT2D eigenvalue weighted by Gasteiger charge is 2.30. The van der Waals surface area contributed by atoms with Gasteiger partial charge in [-0.2, -0.15) is 0 Å². The highest BCUT2D eigenvalue weighted by Crippen LogP contribution is 2.42. The molecule has 3 unspecified atom stereocenters. The summed E-state index contributed by atoms with van der Waals surface area (Å²) in [6.07, 6.45) is -0.179. The first-order valence-electron chi connectivity index (χ1n) is 17.3. The van der Waals surface area contributed by atoms with Gasteiger partial charge in [-0.25, -0.2) is 0 Å². The van der Waals surface area contributed by atoms with Crippen molar-refractivity contribution >= 4 is 85.0 Å². The molecule has 0 saturated carbocycles. The average molecular weight is 694 g/mol. The number of thiophene rings is 2. The molecule has 244 valence electrons. The second-order valence-electron chi connectivity index (χ2n) is 13.4. The minimum atomic E-state index is -0.0804. The van der Waals surface area contributed by atoms with Crippen LogP contribution in [0, 0.1) is 0 Å². The second-order valence-corrected chi connectivity index (χ2v) is 15.6. The van der Waals surface area contributed by atoms with E-state index in [2.05, 4.69) is 162 Å². The van der Waals surface area contributed by atoms with Crippen LogP contribution in [0.15, 0.2) is 156 Å². The largest absolute Gasteiger partial charge is 0.455 e. The Bertz CT molecular complexity index is 2940. The van der Waals surface area contributed by atoms with E-state index in [4.69, 9.17) is 4.42 Å². The van der Waals surface area contributed by atoms with E-state index in [0.717, 1.165) is 33.1 Å². The monoisotopic (exact) mass is 693 g/mol. The fraction of sp³-hybridized carbons (Fsp3) is 0.0667. The number of rotatable bonds is 4. The Labute approximate surface area is 302 Å². The molecule has 3 N–H and O–H groups in total. The van der Waals surface area contributed by atoms with Crippen LogP contribution >= 0.6 is 22.7 Å². The Morgan fingerprint density at radius 1 is 0.392 bits per heavy atom. The van der Waals surface area contributed by atoms with Crippen LogP contribution in [0.1, 0.15) is 35.2 Å². The normalized spacial score (nSPS) is 18.2. The third-order valence-corrected chi connectivity index (χ3v) is 12.7. The molecule has 1 aliphatic heterocycles. The molecule has 1 aliphatic rings. The minimum absolute atomic E-state index is 0.0387. The molecule has 0 radical (unpaired) electrons. The summed E-state index contributed by atoms with van der Waals surface area (Å²) in [5.74, 6) is 0. The lowest BCUT2D eigenvalue weighted by molar-refractivity contribution is 0.203. The van der Waals surface area contributed by atoms with E-state index in [1.165, 1.54) is 57.0 Å². The Morgan fingerprint density at radius 3 is 1.69 bits per heavy atom. The molecule has 4 heterocycles. The van der Waals surface area contributed by atoms with Crippen molar-refractivity contribution in [3.8, 4) is 11.1 Å². The summed E-state index contributed by atoms with van der Waals surface area (Å²) >= 11 is 3.71. The fourth-order valence-corrected chi connectivity index (χ4v) is 10.1. The number of furan rings is 1. The molecule has 1 saturated heterocycles. The molecule has 1 fully saturated rings. The maximum Gasteiger partial charge on any atom is 0.143 e. The van der Waals surface area contributed by atoms with Crippen LogP contribution in [0.2, 0.25) is 0 Å². The van der Waals surface area contributed by atoms with Crippen molar-refractivity contribution in [2.75, 3.05) is 0 Å². The van der Waals surface area contributed by atoms with Gasteiger partial charge in [0.1, 0.15) is 11.2 Å². The van der Waals surface area contributed by atoms with Gasteiger partial charge in [-0.3, -0.25) is 16.0 Å². The standard InChI is InChI=1S/C45H31N3OS2/c1-2-9-26(10-3-1)43-46-44(28-18-21-39-34(24-28)32-12-5-7-16-38(32)50-39)48-45(47-43)29-19-22-41-36(25-29)35-23-27(17-20-40(35)51-41)30-13-8-14-33-31-11-4-6-15-37(31)49-42(30)33/h1-25,43-48H. The molecular weight excluding hydrogens is 663 g/mol. The van der Waals surface area contributed by atoms with Crippen molar-refractivity contribution in [1.29, 1.82) is 0 Å². The Hall–Kier alpha value is -5.34.